The summed E-state index contributed by atoms with van der Waals surface area (Å²) in [6.45, 7) is 0. The summed E-state index contributed by atoms with van der Waals surface area (Å²) in [5.74, 6) is 0. The minimum absolute atomic E-state index is 0.714. The molecule has 2 nitrogen and oxygen atoms in total. The molecule has 0 atom stereocenters. The molecule has 11 heavy (non-hydrogen) atoms. The van der Waals surface area contributed by atoms with Crippen molar-refractivity contribution in [2.24, 2.45) is 5.16 Å². The molecule has 1 rings (SSSR count). The van der Waals surface area contributed by atoms with Gasteiger partial charge in [-0.05, 0) is 0 Å². The Kier molecular flexibility index (Phi) is 3.35. The molecular weight excluding hydrogens is 253 g/mol. The van der Waals surface area contributed by atoms with Crippen LogP contribution in [0.4, 0.5) is 0 Å². The highest BCUT2D eigenvalue weighted by atomic mass is 127. The SMILES string of the molecule is O/N=C(\CI)c1ccccc1. The van der Waals surface area contributed by atoms with Crippen molar-refractivity contribution in [1.82, 2.24) is 0 Å². The monoisotopic (exact) mass is 261 g/mol. The molecule has 0 radical (unpaired) electrons. The lowest BCUT2D eigenvalue weighted by Crippen LogP contribution is -2.00. The van der Waals surface area contributed by atoms with Crippen molar-refractivity contribution in [3.8, 4) is 0 Å². The smallest absolute Gasteiger partial charge is 0.0964 e. The van der Waals surface area contributed by atoms with Gasteiger partial charge in [0.2, 0.25) is 0 Å². The third kappa shape index (κ3) is 2.18. The van der Waals surface area contributed by atoms with Crippen LogP contribution in [0, 0.1) is 0 Å². The van der Waals surface area contributed by atoms with Crippen molar-refractivity contribution in [2.45, 2.75) is 0 Å². The zero-order chi connectivity index (χ0) is 8.10. The lowest BCUT2D eigenvalue weighted by molar-refractivity contribution is 0.319. The molecule has 3 heteroatoms. The van der Waals surface area contributed by atoms with Gasteiger partial charge in [-0.2, -0.15) is 0 Å². The topological polar surface area (TPSA) is 32.6 Å². The molecule has 0 bridgehead atoms. The second-order valence-corrected chi connectivity index (χ2v) is 2.81. The molecule has 0 saturated carbocycles. The summed E-state index contributed by atoms with van der Waals surface area (Å²) in [5, 5.41) is 11.7. The Hall–Kier alpha value is -0.580. The van der Waals surface area contributed by atoms with Crippen LogP contribution >= 0.6 is 22.6 Å². The Morgan fingerprint density at radius 2 is 2.00 bits per heavy atom. The van der Waals surface area contributed by atoms with Crippen molar-refractivity contribution >= 4 is 28.3 Å². The van der Waals surface area contributed by atoms with Gasteiger partial charge in [-0.25, -0.2) is 0 Å². The molecule has 0 heterocycles. The van der Waals surface area contributed by atoms with Gasteiger partial charge in [0.05, 0.1) is 5.71 Å². The zero-order valence-electron chi connectivity index (χ0n) is 5.87. The van der Waals surface area contributed by atoms with E-state index in [0.717, 1.165) is 9.99 Å². The van der Waals surface area contributed by atoms with E-state index in [4.69, 9.17) is 5.21 Å². The third-order valence-corrected chi connectivity index (χ3v) is 2.08. The van der Waals surface area contributed by atoms with E-state index in [0.29, 0.717) is 5.71 Å². The highest BCUT2D eigenvalue weighted by Gasteiger charge is 1.99. The number of hydrogen-bond acceptors (Lipinski definition) is 2. The van der Waals surface area contributed by atoms with Crippen molar-refractivity contribution < 1.29 is 5.21 Å². The van der Waals surface area contributed by atoms with Gasteiger partial charge in [0.15, 0.2) is 0 Å². The summed E-state index contributed by atoms with van der Waals surface area (Å²) < 4.78 is 0.721. The maximum Gasteiger partial charge on any atom is 0.0964 e. The number of nitrogens with zero attached hydrogens (tertiary/aromatic N) is 1. The summed E-state index contributed by atoms with van der Waals surface area (Å²) in [4.78, 5) is 0. The summed E-state index contributed by atoms with van der Waals surface area (Å²) in [6.07, 6.45) is 0. The van der Waals surface area contributed by atoms with E-state index in [1.165, 1.54) is 0 Å². The molecule has 0 saturated heterocycles. The first-order chi connectivity index (χ1) is 5.38. The van der Waals surface area contributed by atoms with Crippen LogP contribution in [-0.4, -0.2) is 15.3 Å². The first kappa shape index (κ1) is 8.52. The van der Waals surface area contributed by atoms with E-state index in [-0.39, 0.29) is 0 Å². The standard InChI is InChI=1S/C8H8INO/c9-6-8(10-11)7-4-2-1-3-5-7/h1-5,11H,6H2/b10-8+. The molecule has 0 aromatic heterocycles. The summed E-state index contributed by atoms with van der Waals surface area (Å²) in [7, 11) is 0. The Bertz CT molecular complexity index is 246. The van der Waals surface area contributed by atoms with Crippen LogP contribution in [-0.2, 0) is 0 Å². The second-order valence-electron chi connectivity index (χ2n) is 2.05. The fourth-order valence-electron chi connectivity index (χ4n) is 0.792. The van der Waals surface area contributed by atoms with Crippen molar-refractivity contribution in [3.05, 3.63) is 35.9 Å². The highest BCUT2D eigenvalue weighted by Crippen LogP contribution is 2.02. The second kappa shape index (κ2) is 4.33. The molecule has 0 amide bonds. The van der Waals surface area contributed by atoms with Crippen molar-refractivity contribution in [3.63, 3.8) is 0 Å². The zero-order valence-corrected chi connectivity index (χ0v) is 8.02. The fourth-order valence-corrected chi connectivity index (χ4v) is 1.39. The Balaban J connectivity index is 2.92. The molecule has 1 aromatic carbocycles. The summed E-state index contributed by atoms with van der Waals surface area (Å²) in [6, 6.07) is 9.63. The highest BCUT2D eigenvalue weighted by molar-refractivity contribution is 14.1. The van der Waals surface area contributed by atoms with Crippen LogP contribution in [0.2, 0.25) is 0 Å². The van der Waals surface area contributed by atoms with E-state index in [1.54, 1.807) is 0 Å². The molecule has 1 aromatic rings. The molecule has 0 aliphatic rings. The molecule has 0 spiro atoms. The van der Waals surface area contributed by atoms with Crippen molar-refractivity contribution in [1.29, 1.82) is 0 Å². The van der Waals surface area contributed by atoms with Gasteiger partial charge in [-0.1, -0.05) is 58.1 Å². The fraction of sp³-hybridized carbons (Fsp3) is 0.125. The number of alkyl halides is 1. The minimum atomic E-state index is 0.714. The van der Waals surface area contributed by atoms with Gasteiger partial charge in [0, 0.05) is 9.99 Å². The number of benzene rings is 1. The Morgan fingerprint density at radius 3 is 2.45 bits per heavy atom. The van der Waals surface area contributed by atoms with Gasteiger partial charge in [-0.3, -0.25) is 0 Å². The van der Waals surface area contributed by atoms with Crippen LogP contribution in [0.15, 0.2) is 35.5 Å². The Labute approximate surface area is 79.1 Å². The molecule has 1 N–H and O–H groups in total. The van der Waals surface area contributed by atoms with E-state index in [9.17, 15) is 0 Å². The van der Waals surface area contributed by atoms with Gasteiger partial charge in [-0.15, -0.1) is 0 Å². The maximum atomic E-state index is 8.56. The van der Waals surface area contributed by atoms with Crippen LogP contribution in [0.1, 0.15) is 5.56 Å². The normalized spacial score (nSPS) is 11.5. The van der Waals surface area contributed by atoms with Gasteiger partial charge in [0.1, 0.15) is 0 Å². The largest absolute Gasteiger partial charge is 0.411 e. The Morgan fingerprint density at radius 1 is 1.36 bits per heavy atom. The van der Waals surface area contributed by atoms with E-state index in [2.05, 4.69) is 27.7 Å². The van der Waals surface area contributed by atoms with Crippen LogP contribution in [0.25, 0.3) is 0 Å². The molecule has 0 aliphatic carbocycles. The van der Waals surface area contributed by atoms with Gasteiger partial charge in [0.25, 0.3) is 0 Å². The number of hydrogen-bond donors (Lipinski definition) is 1. The minimum Gasteiger partial charge on any atom is -0.411 e. The van der Waals surface area contributed by atoms with Gasteiger partial charge < -0.3 is 5.21 Å². The van der Waals surface area contributed by atoms with E-state index in [1.807, 2.05) is 30.3 Å². The van der Waals surface area contributed by atoms with Gasteiger partial charge >= 0.3 is 0 Å². The lowest BCUT2D eigenvalue weighted by Gasteiger charge is -1.97. The first-order valence-electron chi connectivity index (χ1n) is 3.21. The average molecular weight is 261 g/mol. The van der Waals surface area contributed by atoms with Crippen molar-refractivity contribution in [2.75, 3.05) is 4.43 Å². The predicted octanol–water partition coefficient (Wildman–Crippen LogP) is 2.30. The molecular formula is C8H8INO. The molecule has 0 unspecified atom stereocenters. The van der Waals surface area contributed by atoms with Crippen LogP contribution in [0.3, 0.4) is 0 Å². The maximum absolute atomic E-state index is 8.56. The molecule has 0 aliphatic heterocycles. The number of rotatable bonds is 2. The van der Waals surface area contributed by atoms with E-state index >= 15 is 0 Å². The lowest BCUT2D eigenvalue weighted by atomic mass is 10.1. The van der Waals surface area contributed by atoms with E-state index < -0.39 is 0 Å². The van der Waals surface area contributed by atoms with Crippen LogP contribution in [0.5, 0.6) is 0 Å². The average Bonchev–Trinajstić information content (AvgIpc) is 2.09. The quantitative estimate of drug-likeness (QED) is 0.286. The summed E-state index contributed by atoms with van der Waals surface area (Å²) >= 11 is 2.16. The summed E-state index contributed by atoms with van der Waals surface area (Å²) in [5.41, 5.74) is 1.69. The first-order valence-corrected chi connectivity index (χ1v) is 4.73. The third-order valence-electron chi connectivity index (χ3n) is 1.35. The van der Waals surface area contributed by atoms with Crippen LogP contribution < -0.4 is 0 Å². The molecule has 0 fully saturated rings. The number of oxime groups is 1. The molecule has 58 valence electrons. The number of halogens is 1. The predicted molar refractivity (Wildman–Crippen MR) is 53.7 cm³/mol.